The van der Waals surface area contributed by atoms with Gasteiger partial charge in [0.05, 0.1) is 12.6 Å². The first kappa shape index (κ1) is 17.4. The quantitative estimate of drug-likeness (QED) is 0.892. The van der Waals surface area contributed by atoms with Crippen molar-refractivity contribution in [3.05, 3.63) is 34.9 Å². The van der Waals surface area contributed by atoms with Crippen molar-refractivity contribution >= 4 is 5.91 Å². The van der Waals surface area contributed by atoms with Crippen molar-refractivity contribution in [3.63, 3.8) is 0 Å². The Morgan fingerprint density at radius 3 is 2.79 bits per heavy atom. The molecule has 4 nitrogen and oxygen atoms in total. The van der Waals surface area contributed by atoms with E-state index in [0.717, 1.165) is 26.2 Å². The molecule has 1 aromatic carbocycles. The van der Waals surface area contributed by atoms with E-state index in [1.165, 1.54) is 36.0 Å². The van der Waals surface area contributed by atoms with Crippen molar-refractivity contribution in [1.82, 2.24) is 15.5 Å². The second-order valence-corrected chi connectivity index (χ2v) is 7.86. The molecule has 2 heterocycles. The molecule has 0 unspecified atom stereocenters. The number of piperidine rings is 1. The van der Waals surface area contributed by atoms with Gasteiger partial charge in [-0.3, -0.25) is 9.69 Å². The highest BCUT2D eigenvalue weighted by atomic mass is 16.2. The van der Waals surface area contributed by atoms with Gasteiger partial charge < -0.3 is 10.6 Å². The number of rotatable bonds is 4. The molecule has 2 fully saturated rings. The summed E-state index contributed by atoms with van der Waals surface area (Å²) in [6.07, 6.45) is 3.75. The Bertz CT molecular complexity index is 593. The van der Waals surface area contributed by atoms with E-state index in [0.29, 0.717) is 12.0 Å². The van der Waals surface area contributed by atoms with Crippen LogP contribution >= 0.6 is 0 Å². The van der Waals surface area contributed by atoms with E-state index < -0.39 is 0 Å². The number of nitrogens with one attached hydrogen (secondary N) is 2. The average molecular weight is 329 g/mol. The minimum Gasteiger partial charge on any atom is -0.348 e. The van der Waals surface area contributed by atoms with Crippen LogP contribution in [0, 0.1) is 19.3 Å². The smallest absolute Gasteiger partial charge is 0.234 e. The monoisotopic (exact) mass is 329 g/mol. The molecule has 0 radical (unpaired) electrons. The highest BCUT2D eigenvalue weighted by Crippen LogP contribution is 2.38. The zero-order chi connectivity index (χ0) is 17.2. The van der Waals surface area contributed by atoms with Gasteiger partial charge in [-0.15, -0.1) is 0 Å². The number of aryl methyl sites for hydroxylation is 2. The number of hydrogen-bond donors (Lipinski definition) is 2. The van der Waals surface area contributed by atoms with E-state index in [1.54, 1.807) is 0 Å². The van der Waals surface area contributed by atoms with E-state index in [2.05, 4.69) is 54.5 Å². The van der Waals surface area contributed by atoms with Gasteiger partial charge in [0.1, 0.15) is 0 Å². The van der Waals surface area contributed by atoms with Crippen molar-refractivity contribution in [2.24, 2.45) is 5.41 Å². The fraction of sp³-hybridized carbons (Fsp3) is 0.650. The Morgan fingerprint density at radius 2 is 2.04 bits per heavy atom. The lowest BCUT2D eigenvalue weighted by molar-refractivity contribution is -0.122. The molecule has 0 aromatic heterocycles. The van der Waals surface area contributed by atoms with Gasteiger partial charge in [0.15, 0.2) is 0 Å². The van der Waals surface area contributed by atoms with Crippen LogP contribution in [0.5, 0.6) is 0 Å². The summed E-state index contributed by atoms with van der Waals surface area (Å²) in [5, 5.41) is 6.64. The van der Waals surface area contributed by atoms with E-state index >= 15 is 0 Å². The Kier molecular flexibility index (Phi) is 5.26. The van der Waals surface area contributed by atoms with Crippen molar-refractivity contribution in [3.8, 4) is 0 Å². The second-order valence-electron chi connectivity index (χ2n) is 7.86. The third-order valence-corrected chi connectivity index (χ3v) is 5.83. The Hall–Kier alpha value is -1.39. The number of amides is 1. The molecule has 24 heavy (non-hydrogen) atoms. The third-order valence-electron chi connectivity index (χ3n) is 5.83. The molecule has 1 amide bonds. The van der Waals surface area contributed by atoms with Gasteiger partial charge in [0.2, 0.25) is 5.91 Å². The van der Waals surface area contributed by atoms with Gasteiger partial charge in [-0.1, -0.05) is 23.8 Å². The first-order valence-electron chi connectivity index (χ1n) is 9.27. The first-order chi connectivity index (χ1) is 11.5. The normalized spacial score (nSPS) is 21.8. The molecule has 1 atom stereocenters. The molecule has 1 aromatic rings. The van der Waals surface area contributed by atoms with Gasteiger partial charge in [0, 0.05) is 6.54 Å². The van der Waals surface area contributed by atoms with Gasteiger partial charge in [0.25, 0.3) is 0 Å². The van der Waals surface area contributed by atoms with Crippen LogP contribution in [0.2, 0.25) is 0 Å². The molecule has 0 bridgehead atoms. The molecule has 3 rings (SSSR count). The highest BCUT2D eigenvalue weighted by molar-refractivity contribution is 5.78. The number of hydrogen-bond acceptors (Lipinski definition) is 3. The van der Waals surface area contributed by atoms with Crippen molar-refractivity contribution in [2.45, 2.75) is 46.1 Å². The van der Waals surface area contributed by atoms with Crippen molar-refractivity contribution in [1.29, 1.82) is 0 Å². The van der Waals surface area contributed by atoms with E-state index in [4.69, 9.17) is 0 Å². The van der Waals surface area contributed by atoms with E-state index in [1.807, 2.05) is 0 Å². The molecule has 2 N–H and O–H groups in total. The van der Waals surface area contributed by atoms with Gasteiger partial charge in [-0.05, 0) is 76.2 Å². The number of benzene rings is 1. The number of likely N-dealkylation sites (tertiary alicyclic amines) is 1. The summed E-state index contributed by atoms with van der Waals surface area (Å²) in [5.41, 5.74) is 4.16. The molecule has 132 valence electrons. The number of nitrogens with zero attached hydrogens (tertiary/aromatic N) is 1. The molecule has 2 aliphatic rings. The highest BCUT2D eigenvalue weighted by Gasteiger charge is 2.39. The average Bonchev–Trinajstić information content (AvgIpc) is 2.92. The fourth-order valence-corrected chi connectivity index (χ4v) is 4.32. The van der Waals surface area contributed by atoms with E-state index in [9.17, 15) is 4.79 Å². The molecule has 4 heteroatoms. The predicted molar refractivity (Wildman–Crippen MR) is 98.1 cm³/mol. The number of carbonyl (C=O) groups is 1. The minimum atomic E-state index is 0.0628. The largest absolute Gasteiger partial charge is 0.348 e. The van der Waals surface area contributed by atoms with Crippen LogP contribution < -0.4 is 10.6 Å². The van der Waals surface area contributed by atoms with Crippen LogP contribution in [0.4, 0.5) is 0 Å². The standard InChI is InChI=1S/C20H31N3O/c1-15-4-5-16(2)18(12-15)17(3)22-19(24)13-23-11-8-20(14-23)6-9-21-10-7-20/h4-5,12,17,21H,6-11,13-14H2,1-3H3,(H,22,24)/t17-/m0/s1. The summed E-state index contributed by atoms with van der Waals surface area (Å²) in [5.74, 6) is 0.148. The molecular formula is C20H31N3O. The third kappa shape index (κ3) is 3.98. The first-order valence-corrected chi connectivity index (χ1v) is 9.27. The zero-order valence-corrected chi connectivity index (χ0v) is 15.3. The fourth-order valence-electron chi connectivity index (χ4n) is 4.32. The van der Waals surface area contributed by atoms with Crippen molar-refractivity contribution < 1.29 is 4.79 Å². The van der Waals surface area contributed by atoms with Crippen LogP contribution in [0.25, 0.3) is 0 Å². The van der Waals surface area contributed by atoms with Gasteiger partial charge >= 0.3 is 0 Å². The summed E-state index contributed by atoms with van der Waals surface area (Å²) in [6.45, 7) is 11.2. The molecular weight excluding hydrogens is 298 g/mol. The molecule has 2 aliphatic heterocycles. The van der Waals surface area contributed by atoms with E-state index in [-0.39, 0.29) is 11.9 Å². The molecule has 2 saturated heterocycles. The summed E-state index contributed by atoms with van der Waals surface area (Å²) in [7, 11) is 0. The molecule has 0 saturated carbocycles. The Balaban J connectivity index is 1.53. The van der Waals surface area contributed by atoms with Gasteiger partial charge in [-0.25, -0.2) is 0 Å². The summed E-state index contributed by atoms with van der Waals surface area (Å²) in [4.78, 5) is 14.8. The van der Waals surface area contributed by atoms with Crippen LogP contribution in [-0.2, 0) is 4.79 Å². The van der Waals surface area contributed by atoms with Gasteiger partial charge in [-0.2, -0.15) is 0 Å². The second kappa shape index (κ2) is 7.24. The Labute approximate surface area is 146 Å². The maximum absolute atomic E-state index is 12.5. The predicted octanol–water partition coefficient (Wildman–Crippen LogP) is 2.56. The lowest BCUT2D eigenvalue weighted by Gasteiger charge is -2.33. The Morgan fingerprint density at radius 1 is 1.29 bits per heavy atom. The summed E-state index contributed by atoms with van der Waals surface area (Å²) in [6, 6.07) is 6.50. The van der Waals surface area contributed by atoms with Crippen molar-refractivity contribution in [2.75, 3.05) is 32.7 Å². The zero-order valence-electron chi connectivity index (χ0n) is 15.3. The summed E-state index contributed by atoms with van der Waals surface area (Å²) < 4.78 is 0. The molecule has 0 aliphatic carbocycles. The minimum absolute atomic E-state index is 0.0628. The SMILES string of the molecule is Cc1ccc(C)c([C@H](C)NC(=O)CN2CCC3(CCNCC3)C2)c1. The van der Waals surface area contributed by atoms with Crippen LogP contribution in [-0.4, -0.2) is 43.5 Å². The maximum atomic E-state index is 12.5. The van der Waals surface area contributed by atoms with Crippen LogP contribution in [0.1, 0.15) is 48.9 Å². The van der Waals surface area contributed by atoms with Crippen LogP contribution in [0.15, 0.2) is 18.2 Å². The maximum Gasteiger partial charge on any atom is 0.234 e. The lowest BCUT2D eigenvalue weighted by atomic mass is 9.78. The summed E-state index contributed by atoms with van der Waals surface area (Å²) >= 11 is 0. The topological polar surface area (TPSA) is 44.4 Å². The van der Waals surface area contributed by atoms with Crippen LogP contribution in [0.3, 0.4) is 0 Å². The number of carbonyl (C=O) groups excluding carboxylic acids is 1. The lowest BCUT2D eigenvalue weighted by Crippen LogP contribution is -2.41. The molecule has 1 spiro atoms.